The average Bonchev–Trinajstić information content (AvgIpc) is 1.77. The van der Waals surface area contributed by atoms with Crippen LogP contribution in [0.3, 0.4) is 0 Å². The van der Waals surface area contributed by atoms with Gasteiger partial charge in [0, 0.05) is 13.0 Å². The molecule has 0 atom stereocenters. The van der Waals surface area contributed by atoms with Crippen LogP contribution in [0, 0.1) is 0 Å². The van der Waals surface area contributed by atoms with Crippen LogP contribution in [-0.2, 0) is 4.79 Å². The first-order chi connectivity index (χ1) is 3.79. The van der Waals surface area contributed by atoms with Crippen molar-refractivity contribution in [2.75, 3.05) is 6.54 Å². The molecule has 1 fully saturated rings. The molecule has 1 heterocycles. The number of rotatable bonds is 0. The maximum Gasteiger partial charge on any atom is 0.220 e. The van der Waals surface area contributed by atoms with Crippen molar-refractivity contribution < 1.29 is 4.79 Å². The number of carbonyl (C=O) groups is 1. The largest absolute Gasteiger partial charge is 0.352 e. The van der Waals surface area contributed by atoms with E-state index in [9.17, 15) is 4.79 Å². The van der Waals surface area contributed by atoms with E-state index in [1.54, 1.807) is 0 Å². The van der Waals surface area contributed by atoms with Crippen molar-refractivity contribution in [2.24, 2.45) is 0 Å². The van der Waals surface area contributed by atoms with E-state index in [0.717, 1.165) is 12.0 Å². The Labute approximate surface area is 48.6 Å². The molecule has 44 valence electrons. The molecule has 1 amide bonds. The molecule has 0 bridgehead atoms. The van der Waals surface area contributed by atoms with Gasteiger partial charge in [-0.05, 0) is 6.42 Å². The fourth-order valence-electron chi connectivity index (χ4n) is 0.691. The third kappa shape index (κ3) is 1.09. The lowest BCUT2D eigenvalue weighted by Crippen LogP contribution is -2.29. The Morgan fingerprint density at radius 3 is 2.62 bits per heavy atom. The van der Waals surface area contributed by atoms with Crippen LogP contribution in [0.1, 0.15) is 12.8 Å². The highest BCUT2D eigenvalue weighted by Crippen LogP contribution is 2.05. The molecule has 0 unspecified atom stereocenters. The molecule has 0 aromatic rings. The van der Waals surface area contributed by atoms with Gasteiger partial charge in [0.2, 0.25) is 5.91 Å². The van der Waals surface area contributed by atoms with E-state index in [-0.39, 0.29) is 5.91 Å². The number of piperidine rings is 1. The van der Waals surface area contributed by atoms with Gasteiger partial charge in [-0.3, -0.25) is 4.79 Å². The average molecular weight is 111 g/mol. The van der Waals surface area contributed by atoms with Crippen molar-refractivity contribution in [3.63, 3.8) is 0 Å². The molecule has 0 aromatic carbocycles. The predicted molar refractivity (Wildman–Crippen MR) is 31.4 cm³/mol. The molecule has 2 nitrogen and oxygen atoms in total. The van der Waals surface area contributed by atoms with Crippen molar-refractivity contribution >= 4 is 5.91 Å². The second-order valence-corrected chi connectivity index (χ2v) is 2.03. The van der Waals surface area contributed by atoms with Crippen LogP contribution in [0.2, 0.25) is 0 Å². The normalized spacial score (nSPS) is 20.5. The van der Waals surface area contributed by atoms with Crippen molar-refractivity contribution in [3.8, 4) is 0 Å². The van der Waals surface area contributed by atoms with Gasteiger partial charge in [-0.25, -0.2) is 0 Å². The van der Waals surface area contributed by atoms with Crippen molar-refractivity contribution in [3.05, 3.63) is 12.2 Å². The van der Waals surface area contributed by atoms with E-state index >= 15 is 0 Å². The highest BCUT2D eigenvalue weighted by atomic mass is 16.1. The van der Waals surface area contributed by atoms with Gasteiger partial charge in [-0.2, -0.15) is 0 Å². The zero-order valence-corrected chi connectivity index (χ0v) is 4.74. The van der Waals surface area contributed by atoms with E-state index in [1.165, 1.54) is 0 Å². The summed E-state index contributed by atoms with van der Waals surface area (Å²) in [6, 6.07) is 0. The smallest absolute Gasteiger partial charge is 0.220 e. The Kier molecular flexibility index (Phi) is 1.33. The minimum absolute atomic E-state index is 0.150. The van der Waals surface area contributed by atoms with Crippen LogP contribution < -0.4 is 5.32 Å². The highest BCUT2D eigenvalue weighted by molar-refractivity contribution is 5.77. The molecule has 0 aromatic heterocycles. The van der Waals surface area contributed by atoms with Crippen LogP contribution >= 0.6 is 0 Å². The maximum atomic E-state index is 10.5. The first kappa shape index (κ1) is 5.35. The number of carbonyl (C=O) groups excluding carboxylic acids is 1. The van der Waals surface area contributed by atoms with E-state index < -0.39 is 0 Å². The fourth-order valence-corrected chi connectivity index (χ4v) is 0.691. The Hall–Kier alpha value is -0.790. The fraction of sp³-hybridized carbons (Fsp3) is 0.500. The van der Waals surface area contributed by atoms with Gasteiger partial charge in [-0.1, -0.05) is 12.2 Å². The number of amides is 1. The van der Waals surface area contributed by atoms with Crippen LogP contribution in [-0.4, -0.2) is 12.5 Å². The third-order valence-electron chi connectivity index (χ3n) is 1.24. The van der Waals surface area contributed by atoms with Gasteiger partial charge in [0.05, 0.1) is 0 Å². The summed E-state index contributed by atoms with van der Waals surface area (Å²) >= 11 is 0. The monoisotopic (exact) mass is 111 g/mol. The summed E-state index contributed by atoms with van der Waals surface area (Å²) < 4.78 is 0. The Balaban J connectivity index is 2.40. The second-order valence-electron chi connectivity index (χ2n) is 2.03. The molecular formula is C6H9NO. The minimum atomic E-state index is 0.150. The predicted octanol–water partition coefficient (Wildman–Crippen LogP) is 0.453. The van der Waals surface area contributed by atoms with E-state index in [1.807, 2.05) is 0 Å². The molecular weight excluding hydrogens is 102 g/mol. The SMILES string of the molecule is C=C1CCC(=O)NC1. The lowest BCUT2D eigenvalue weighted by Gasteiger charge is -2.12. The zero-order chi connectivity index (χ0) is 5.98. The molecule has 1 N–H and O–H groups in total. The molecule has 0 saturated carbocycles. The van der Waals surface area contributed by atoms with E-state index in [4.69, 9.17) is 0 Å². The topological polar surface area (TPSA) is 29.1 Å². The maximum absolute atomic E-state index is 10.5. The van der Waals surface area contributed by atoms with E-state index in [0.29, 0.717) is 13.0 Å². The molecule has 0 radical (unpaired) electrons. The van der Waals surface area contributed by atoms with Crippen LogP contribution in [0.25, 0.3) is 0 Å². The highest BCUT2D eigenvalue weighted by Gasteiger charge is 2.07. The first-order valence-corrected chi connectivity index (χ1v) is 2.72. The van der Waals surface area contributed by atoms with Gasteiger partial charge in [0.15, 0.2) is 0 Å². The third-order valence-corrected chi connectivity index (χ3v) is 1.24. The Morgan fingerprint density at radius 1 is 1.50 bits per heavy atom. The van der Waals surface area contributed by atoms with Crippen molar-refractivity contribution in [2.45, 2.75) is 12.8 Å². The summed E-state index contributed by atoms with van der Waals surface area (Å²) in [7, 11) is 0. The van der Waals surface area contributed by atoms with Gasteiger partial charge in [0.1, 0.15) is 0 Å². The molecule has 1 rings (SSSR count). The molecule has 0 aliphatic carbocycles. The van der Waals surface area contributed by atoms with Gasteiger partial charge >= 0.3 is 0 Å². The van der Waals surface area contributed by atoms with Crippen LogP contribution in [0.15, 0.2) is 12.2 Å². The summed E-state index contributed by atoms with van der Waals surface area (Å²) in [6.07, 6.45) is 1.49. The molecule has 0 spiro atoms. The molecule has 8 heavy (non-hydrogen) atoms. The quantitative estimate of drug-likeness (QED) is 0.452. The molecule has 1 aliphatic heterocycles. The first-order valence-electron chi connectivity index (χ1n) is 2.72. The molecule has 1 saturated heterocycles. The summed E-state index contributed by atoms with van der Waals surface area (Å²) in [6.45, 7) is 4.41. The number of nitrogens with one attached hydrogen (secondary N) is 1. The van der Waals surface area contributed by atoms with Gasteiger partial charge < -0.3 is 5.32 Å². The molecule has 2 heteroatoms. The lowest BCUT2D eigenvalue weighted by molar-refractivity contribution is -0.121. The number of hydrogen-bond donors (Lipinski definition) is 1. The molecule has 1 aliphatic rings. The van der Waals surface area contributed by atoms with Crippen molar-refractivity contribution in [1.82, 2.24) is 5.32 Å². The van der Waals surface area contributed by atoms with Gasteiger partial charge in [-0.15, -0.1) is 0 Å². The second kappa shape index (κ2) is 1.99. The standard InChI is InChI=1S/C6H9NO/c1-5-2-3-6(8)7-4-5/h1-4H2,(H,7,8). The summed E-state index contributed by atoms with van der Waals surface area (Å²) in [5, 5.41) is 2.69. The van der Waals surface area contributed by atoms with Gasteiger partial charge in [0.25, 0.3) is 0 Å². The Morgan fingerprint density at radius 2 is 2.25 bits per heavy atom. The van der Waals surface area contributed by atoms with Crippen LogP contribution in [0.4, 0.5) is 0 Å². The lowest BCUT2D eigenvalue weighted by atomic mass is 10.1. The Bertz CT molecular complexity index is 100. The minimum Gasteiger partial charge on any atom is -0.352 e. The summed E-state index contributed by atoms with van der Waals surface area (Å²) in [5.74, 6) is 0.150. The number of hydrogen-bond acceptors (Lipinski definition) is 1. The zero-order valence-electron chi connectivity index (χ0n) is 4.74. The summed E-state index contributed by atoms with van der Waals surface area (Å²) in [5.41, 5.74) is 1.13. The van der Waals surface area contributed by atoms with E-state index in [2.05, 4.69) is 11.9 Å². The van der Waals surface area contributed by atoms with Crippen molar-refractivity contribution in [1.29, 1.82) is 0 Å². The summed E-state index contributed by atoms with van der Waals surface area (Å²) in [4.78, 5) is 10.5. The van der Waals surface area contributed by atoms with Crippen LogP contribution in [0.5, 0.6) is 0 Å².